The van der Waals surface area contributed by atoms with E-state index in [-0.39, 0.29) is 5.92 Å². The van der Waals surface area contributed by atoms with Gasteiger partial charge >= 0.3 is 0 Å². The lowest BCUT2D eigenvalue weighted by molar-refractivity contribution is 0.262. The highest BCUT2D eigenvalue weighted by Crippen LogP contribution is 2.21. The van der Waals surface area contributed by atoms with Crippen LogP contribution in [0.1, 0.15) is 13.8 Å². The third-order valence-electron chi connectivity index (χ3n) is 2.37. The lowest BCUT2D eigenvalue weighted by atomic mass is 9.91. The predicted molar refractivity (Wildman–Crippen MR) is 66.7 cm³/mol. The second-order valence-corrected chi connectivity index (χ2v) is 3.35. The fraction of sp³-hybridized carbons (Fsp3) is 0.455. The number of methoxy groups -OCH3 is 1. The van der Waals surface area contributed by atoms with E-state index in [0.717, 1.165) is 0 Å². The molecule has 0 spiro atoms. The van der Waals surface area contributed by atoms with Gasteiger partial charge in [-0.2, -0.15) is 0 Å². The van der Waals surface area contributed by atoms with E-state index in [4.69, 9.17) is 21.3 Å². The first-order valence-corrected chi connectivity index (χ1v) is 4.97. The van der Waals surface area contributed by atoms with Crippen LogP contribution in [-0.4, -0.2) is 26.1 Å². The van der Waals surface area contributed by atoms with Gasteiger partial charge in [-0.05, 0) is 18.7 Å². The number of nitrogens with two attached hydrogens (primary N) is 1. The number of allylic oxidation sites excluding steroid dienone is 2. The maximum atomic E-state index is 7.74. The molecule has 0 radical (unpaired) electrons. The van der Waals surface area contributed by atoms with Gasteiger partial charge in [0.05, 0.1) is 7.11 Å². The SMILES string of the molecule is CN/C(OC)=C(\C(C)=N)C(C)/C(C=N)=C/N. The van der Waals surface area contributed by atoms with Crippen molar-refractivity contribution in [2.24, 2.45) is 11.7 Å². The zero-order valence-electron chi connectivity index (χ0n) is 10.2. The number of nitrogens with one attached hydrogen (secondary N) is 3. The summed E-state index contributed by atoms with van der Waals surface area (Å²) in [5.74, 6) is 0.378. The summed E-state index contributed by atoms with van der Waals surface area (Å²) in [6, 6.07) is 0. The van der Waals surface area contributed by atoms with Crippen LogP contribution in [-0.2, 0) is 4.74 Å². The molecule has 5 nitrogen and oxygen atoms in total. The largest absolute Gasteiger partial charge is 0.482 e. The summed E-state index contributed by atoms with van der Waals surface area (Å²) in [4.78, 5) is 0. The molecule has 0 amide bonds. The molecule has 1 unspecified atom stereocenters. The molecule has 5 N–H and O–H groups in total. The summed E-state index contributed by atoms with van der Waals surface area (Å²) in [5.41, 5.74) is 7.17. The molecule has 0 saturated carbocycles. The number of hydrogen-bond donors (Lipinski definition) is 4. The molecule has 16 heavy (non-hydrogen) atoms. The first-order valence-electron chi connectivity index (χ1n) is 4.97. The van der Waals surface area contributed by atoms with Crippen molar-refractivity contribution in [3.05, 3.63) is 23.2 Å². The van der Waals surface area contributed by atoms with Crippen LogP contribution in [0, 0.1) is 16.7 Å². The minimum absolute atomic E-state index is 0.151. The maximum Gasteiger partial charge on any atom is 0.191 e. The molecular weight excluding hydrogens is 204 g/mol. The van der Waals surface area contributed by atoms with Gasteiger partial charge in [0, 0.05) is 30.5 Å². The van der Waals surface area contributed by atoms with E-state index in [0.29, 0.717) is 22.7 Å². The molecule has 1 atom stereocenters. The van der Waals surface area contributed by atoms with Gasteiger partial charge in [0.25, 0.3) is 0 Å². The van der Waals surface area contributed by atoms with Crippen LogP contribution < -0.4 is 11.1 Å². The Morgan fingerprint density at radius 1 is 1.50 bits per heavy atom. The van der Waals surface area contributed by atoms with Crippen LogP contribution in [0.5, 0.6) is 0 Å². The van der Waals surface area contributed by atoms with E-state index in [1.54, 1.807) is 14.0 Å². The van der Waals surface area contributed by atoms with Crippen LogP contribution in [0.4, 0.5) is 0 Å². The summed E-state index contributed by atoms with van der Waals surface area (Å²) in [5, 5.41) is 17.9. The second-order valence-electron chi connectivity index (χ2n) is 3.35. The highest BCUT2D eigenvalue weighted by Gasteiger charge is 2.19. The van der Waals surface area contributed by atoms with Gasteiger partial charge in [0.15, 0.2) is 5.88 Å². The summed E-state index contributed by atoms with van der Waals surface area (Å²) >= 11 is 0. The molecule has 0 rings (SSSR count). The average Bonchev–Trinajstić information content (AvgIpc) is 2.26. The van der Waals surface area contributed by atoms with Gasteiger partial charge in [-0.15, -0.1) is 0 Å². The molecule has 0 aromatic rings. The number of hydrogen-bond acceptors (Lipinski definition) is 5. The molecule has 0 saturated heterocycles. The number of rotatable bonds is 6. The molecule has 0 aliphatic carbocycles. The Bertz CT molecular complexity index is 325. The van der Waals surface area contributed by atoms with E-state index in [1.165, 1.54) is 19.5 Å². The normalized spacial score (nSPS) is 14.9. The molecule has 0 bridgehead atoms. The molecule has 0 aliphatic heterocycles. The Balaban J connectivity index is 5.46. The topological polar surface area (TPSA) is 95.0 Å². The Kier molecular flexibility index (Phi) is 5.92. The van der Waals surface area contributed by atoms with Crippen molar-refractivity contribution in [1.82, 2.24) is 5.32 Å². The minimum Gasteiger partial charge on any atom is -0.482 e. The Labute approximate surface area is 96.4 Å². The monoisotopic (exact) mass is 224 g/mol. The van der Waals surface area contributed by atoms with Crippen molar-refractivity contribution in [3.63, 3.8) is 0 Å². The Hall–Kier alpha value is -1.78. The highest BCUT2D eigenvalue weighted by molar-refractivity contribution is 5.98. The average molecular weight is 224 g/mol. The van der Waals surface area contributed by atoms with E-state index < -0.39 is 0 Å². The summed E-state index contributed by atoms with van der Waals surface area (Å²) in [6.07, 6.45) is 2.57. The van der Waals surface area contributed by atoms with Crippen LogP contribution in [0.2, 0.25) is 0 Å². The van der Waals surface area contributed by atoms with Crippen molar-refractivity contribution in [1.29, 1.82) is 10.8 Å². The van der Waals surface area contributed by atoms with E-state index in [9.17, 15) is 0 Å². The van der Waals surface area contributed by atoms with E-state index in [1.807, 2.05) is 6.92 Å². The van der Waals surface area contributed by atoms with Crippen molar-refractivity contribution < 1.29 is 4.74 Å². The lowest BCUT2D eigenvalue weighted by Gasteiger charge is -2.19. The first kappa shape index (κ1) is 14.2. The summed E-state index contributed by atoms with van der Waals surface area (Å²) in [6.45, 7) is 3.56. The lowest BCUT2D eigenvalue weighted by Crippen LogP contribution is -2.21. The van der Waals surface area contributed by atoms with E-state index in [2.05, 4.69) is 5.32 Å². The fourth-order valence-corrected chi connectivity index (χ4v) is 1.52. The van der Waals surface area contributed by atoms with Gasteiger partial charge in [0.1, 0.15) is 0 Å². The van der Waals surface area contributed by atoms with Gasteiger partial charge in [0.2, 0.25) is 0 Å². The molecular formula is C11H20N4O. The molecule has 5 heteroatoms. The highest BCUT2D eigenvalue weighted by atomic mass is 16.5. The second kappa shape index (κ2) is 6.66. The Morgan fingerprint density at radius 2 is 2.06 bits per heavy atom. The van der Waals surface area contributed by atoms with Gasteiger partial charge < -0.3 is 26.6 Å². The molecule has 0 aromatic heterocycles. The standard InChI is InChI=1S/C11H20N4O/c1-7(9(5-12)6-13)10(8(2)14)11(15-3)16-4/h5-7,12,14-15H,13H2,1-4H3/b9-6+,11-10+,12-5?,14-8?. The van der Waals surface area contributed by atoms with Crippen LogP contribution in [0.25, 0.3) is 0 Å². The van der Waals surface area contributed by atoms with Gasteiger partial charge in [-0.1, -0.05) is 6.92 Å². The molecule has 90 valence electrons. The van der Waals surface area contributed by atoms with E-state index >= 15 is 0 Å². The summed E-state index contributed by atoms with van der Waals surface area (Å²) < 4.78 is 5.17. The quantitative estimate of drug-likeness (QED) is 0.403. The van der Waals surface area contributed by atoms with Crippen molar-refractivity contribution in [2.45, 2.75) is 13.8 Å². The minimum atomic E-state index is -0.151. The smallest absolute Gasteiger partial charge is 0.191 e. The first-order chi connectivity index (χ1) is 7.53. The zero-order valence-corrected chi connectivity index (χ0v) is 10.2. The van der Waals surface area contributed by atoms with Crippen molar-refractivity contribution in [3.8, 4) is 0 Å². The van der Waals surface area contributed by atoms with Gasteiger partial charge in [-0.3, -0.25) is 0 Å². The molecule has 0 aliphatic rings. The van der Waals surface area contributed by atoms with Crippen LogP contribution in [0.15, 0.2) is 23.2 Å². The molecule has 0 heterocycles. The third-order valence-corrected chi connectivity index (χ3v) is 2.37. The predicted octanol–water partition coefficient (Wildman–Crippen LogP) is 1.23. The van der Waals surface area contributed by atoms with Crippen LogP contribution >= 0.6 is 0 Å². The fourth-order valence-electron chi connectivity index (χ4n) is 1.52. The zero-order chi connectivity index (χ0) is 12.7. The van der Waals surface area contributed by atoms with Crippen molar-refractivity contribution in [2.75, 3.05) is 14.2 Å². The van der Waals surface area contributed by atoms with Crippen LogP contribution in [0.3, 0.4) is 0 Å². The number of ether oxygens (including phenoxy) is 1. The van der Waals surface area contributed by atoms with Gasteiger partial charge in [-0.25, -0.2) is 0 Å². The third kappa shape index (κ3) is 3.12. The summed E-state index contributed by atoms with van der Waals surface area (Å²) in [7, 11) is 3.27. The molecule has 0 aromatic carbocycles. The van der Waals surface area contributed by atoms with Crippen molar-refractivity contribution >= 4 is 11.9 Å². The maximum absolute atomic E-state index is 7.74. The Morgan fingerprint density at radius 3 is 2.31 bits per heavy atom. The molecule has 0 fully saturated rings.